The molecule has 4 aliphatic rings. The van der Waals surface area contributed by atoms with Gasteiger partial charge in [0.1, 0.15) is 61.0 Å². The molecule has 4 heterocycles. The molecule has 514 valence electrons. The van der Waals surface area contributed by atoms with Crippen molar-refractivity contribution in [3.05, 3.63) is 155 Å². The highest BCUT2D eigenvalue weighted by Gasteiger charge is 2.54. The van der Waals surface area contributed by atoms with Crippen molar-refractivity contribution in [3.8, 4) is 11.5 Å². The largest absolute Gasteiger partial charge is 0.456 e. The van der Waals surface area contributed by atoms with Gasteiger partial charge in [0.05, 0.1) is 5.56 Å². The van der Waals surface area contributed by atoms with Crippen LogP contribution in [0.4, 0.5) is 21.0 Å². The number of carbonyl (C=O) groups is 9. The van der Waals surface area contributed by atoms with E-state index in [4.69, 9.17) is 41.9 Å². The number of aliphatic imine (C=N–C) groups is 2. The first-order valence-electron chi connectivity index (χ1n) is 32.9. The molecule has 9 rings (SSSR count). The highest BCUT2D eigenvalue weighted by molar-refractivity contribution is 6.02. The number of carbonyl (C=O) groups excluding carboxylic acids is 9. The lowest BCUT2D eigenvalue weighted by molar-refractivity contribution is -0.141. The Labute approximate surface area is 562 Å². The maximum atomic E-state index is 14.6. The first kappa shape index (κ1) is 70.6. The molecule has 27 heteroatoms. The second-order valence-electron chi connectivity index (χ2n) is 24.7. The second-order valence-corrected chi connectivity index (χ2v) is 24.7. The van der Waals surface area contributed by atoms with Crippen molar-refractivity contribution in [2.24, 2.45) is 44.8 Å². The quantitative estimate of drug-likeness (QED) is 0.00919. The fourth-order valence-electron chi connectivity index (χ4n) is 12.5. The highest BCUT2D eigenvalue weighted by Crippen LogP contribution is 2.57. The van der Waals surface area contributed by atoms with E-state index in [0.717, 1.165) is 11.1 Å². The van der Waals surface area contributed by atoms with E-state index >= 15 is 0 Å². The number of rotatable bonds is 28. The van der Waals surface area contributed by atoms with E-state index in [1.165, 1.54) is 9.80 Å². The van der Waals surface area contributed by atoms with E-state index in [2.05, 4.69) is 41.9 Å². The second kappa shape index (κ2) is 32.6. The number of hydrogen-bond donors (Lipinski definition) is 10. The Morgan fingerprint density at radius 3 is 1.41 bits per heavy atom. The van der Waals surface area contributed by atoms with Gasteiger partial charge in [-0.2, -0.15) is 0 Å². The standard InChI is InChI=1S/C70H86N14O13/c1-5-41(3)57(81-68(92)94-39-43-19-9-7-10-20-43)63(89)83-35-17-27-53(83)61(87)79-51(25-15-33-75-66(71)72)59(85)77-45-29-31-49-55(37-45)96-56-38-46(30-32-50(56)70(49)48-24-14-13-23-47(48)65(91)97-70)78-60(86)52(26-16-34-76-67(73)74)80-62(88)54-28-18-36-84(54)64(90)58(42(4)6-2)82-69(93)95-40-44-21-11-8-12-22-44/h7-14,19-24,29-32,37-38,41-42,51-54,57-58H,5-6,15-18,25-28,33-36,39-40H2,1-4H3,(H,77,85)(H,78,86)(H,79,87)(H,80,88)(H,81,92)(H,82,93)(H4,71,72,75)(H4,73,74,76)/t41-,42-,51+,52+,53+,54+,57+,58+/m1/s1. The summed E-state index contributed by atoms with van der Waals surface area (Å²) >= 11 is 0. The zero-order valence-electron chi connectivity index (χ0n) is 54.9. The molecule has 27 nitrogen and oxygen atoms in total. The van der Waals surface area contributed by atoms with Gasteiger partial charge >= 0.3 is 18.2 Å². The van der Waals surface area contributed by atoms with Crippen LogP contribution in [0.1, 0.15) is 130 Å². The summed E-state index contributed by atoms with van der Waals surface area (Å²) in [5.74, 6) is -4.71. The van der Waals surface area contributed by atoms with Crippen molar-refractivity contribution in [2.45, 2.75) is 147 Å². The molecule has 0 aromatic heterocycles. The fraction of sp³-hybridized carbons (Fsp3) is 0.414. The van der Waals surface area contributed by atoms with Crippen molar-refractivity contribution in [1.82, 2.24) is 31.1 Å². The zero-order valence-corrected chi connectivity index (χ0v) is 54.9. The summed E-state index contributed by atoms with van der Waals surface area (Å²) in [5, 5.41) is 17.1. The predicted molar refractivity (Wildman–Crippen MR) is 361 cm³/mol. The lowest BCUT2D eigenvalue weighted by Gasteiger charge is -2.37. The van der Waals surface area contributed by atoms with Gasteiger partial charge in [-0.05, 0) is 105 Å². The minimum Gasteiger partial charge on any atom is -0.456 e. The molecule has 5 aromatic rings. The number of likely N-dealkylation sites (tertiary alicyclic amines) is 2. The van der Waals surface area contributed by atoms with Gasteiger partial charge in [0.15, 0.2) is 17.5 Å². The summed E-state index contributed by atoms with van der Waals surface area (Å²) in [6.07, 6.45) is 1.63. The first-order valence-corrected chi connectivity index (χ1v) is 32.9. The Bertz CT molecular complexity index is 3540. The molecule has 0 radical (unpaired) electrons. The van der Waals surface area contributed by atoms with Crippen LogP contribution in [0.2, 0.25) is 0 Å². The van der Waals surface area contributed by atoms with Crippen molar-refractivity contribution >= 4 is 76.9 Å². The summed E-state index contributed by atoms with van der Waals surface area (Å²) in [7, 11) is 0. The summed E-state index contributed by atoms with van der Waals surface area (Å²) in [4.78, 5) is 138. The molecule has 8 amide bonds. The molecule has 2 fully saturated rings. The SMILES string of the molecule is CC[C@@H](C)[C@H](NC(=O)OCc1ccccc1)C(=O)N1CCC[C@H]1C(=O)N[C@@H](CCCN=C(N)N)C(=O)Nc1ccc2c(c1)Oc1cc(NC(=O)[C@H](CCCN=C(N)N)NC(=O)[C@@H]3CCCN3C(=O)[C@@H](NC(=O)OCc3ccccc3)[C@H](C)CC)ccc1C21OC(=O)c2ccccc21. The number of anilines is 2. The molecule has 5 aromatic carbocycles. The number of nitrogens with two attached hydrogens (primary N) is 4. The van der Waals surface area contributed by atoms with Gasteiger partial charge in [-0.3, -0.25) is 38.8 Å². The normalized spacial score (nSPS) is 17.3. The molecule has 8 atom stereocenters. The Kier molecular flexibility index (Phi) is 23.7. The average Bonchev–Trinajstić information content (AvgIpc) is 1.62. The third-order valence-electron chi connectivity index (χ3n) is 18.0. The first-order chi connectivity index (χ1) is 46.7. The van der Waals surface area contributed by atoms with Gasteiger partial charge in [-0.25, -0.2) is 14.4 Å². The van der Waals surface area contributed by atoms with E-state index in [1.807, 2.05) is 88.4 Å². The van der Waals surface area contributed by atoms with Crippen molar-refractivity contribution in [3.63, 3.8) is 0 Å². The lowest BCUT2D eigenvalue weighted by Crippen LogP contribution is -2.57. The summed E-state index contributed by atoms with van der Waals surface area (Å²) in [5.41, 5.74) is 24.5. The molecule has 2 saturated heterocycles. The Balaban J connectivity index is 0.934. The van der Waals surface area contributed by atoms with Crippen LogP contribution in [0.5, 0.6) is 11.5 Å². The molecule has 1 spiro atoms. The third-order valence-corrected chi connectivity index (χ3v) is 18.0. The monoisotopic (exact) mass is 1330 g/mol. The van der Waals surface area contributed by atoms with Crippen molar-refractivity contribution in [2.75, 3.05) is 36.8 Å². The van der Waals surface area contributed by atoms with E-state index in [1.54, 1.807) is 60.7 Å². The van der Waals surface area contributed by atoms with Gasteiger partial charge in [0.25, 0.3) is 0 Å². The van der Waals surface area contributed by atoms with Crippen LogP contribution < -0.4 is 59.6 Å². The third kappa shape index (κ3) is 17.2. The number of esters is 1. The average molecular weight is 1330 g/mol. The number of hydrogen-bond acceptors (Lipinski definition) is 15. The molecule has 0 unspecified atom stereocenters. The smallest absolute Gasteiger partial charge is 0.408 e. The summed E-state index contributed by atoms with van der Waals surface area (Å²) in [6.45, 7) is 8.09. The topological polar surface area (TPSA) is 398 Å². The number of alkyl carbamates (subject to hydrolysis) is 2. The highest BCUT2D eigenvalue weighted by atomic mass is 16.6. The molecule has 0 bridgehead atoms. The number of fused-ring (bicyclic) bond motifs is 6. The van der Waals surface area contributed by atoms with E-state index in [-0.39, 0.29) is 125 Å². The number of nitrogens with one attached hydrogen (secondary N) is 6. The van der Waals surface area contributed by atoms with Gasteiger partial charge in [0, 0.05) is 66.4 Å². The van der Waals surface area contributed by atoms with Crippen LogP contribution in [0.3, 0.4) is 0 Å². The van der Waals surface area contributed by atoms with E-state index in [0.29, 0.717) is 47.9 Å². The maximum absolute atomic E-state index is 14.6. The van der Waals surface area contributed by atoms with Crippen LogP contribution in [0.25, 0.3) is 0 Å². The van der Waals surface area contributed by atoms with Crippen LogP contribution in [0, 0.1) is 11.8 Å². The van der Waals surface area contributed by atoms with E-state index in [9.17, 15) is 43.2 Å². The summed E-state index contributed by atoms with van der Waals surface area (Å²) in [6, 6.07) is 28.3. The van der Waals surface area contributed by atoms with Crippen molar-refractivity contribution < 1.29 is 62.1 Å². The Morgan fingerprint density at radius 1 is 0.567 bits per heavy atom. The van der Waals surface area contributed by atoms with Gasteiger partial charge in [-0.1, -0.05) is 119 Å². The molecular formula is C70H86N14O13. The molecule has 4 aliphatic heterocycles. The Morgan fingerprint density at radius 2 is 0.990 bits per heavy atom. The van der Waals surface area contributed by atoms with Crippen LogP contribution in [0.15, 0.2) is 131 Å². The molecule has 14 N–H and O–H groups in total. The minimum atomic E-state index is -1.60. The van der Waals surface area contributed by atoms with Crippen LogP contribution in [-0.2, 0) is 61.8 Å². The van der Waals surface area contributed by atoms with Gasteiger partial charge in [-0.15, -0.1) is 0 Å². The molecular weight excluding hydrogens is 1240 g/mol. The summed E-state index contributed by atoms with van der Waals surface area (Å²) < 4.78 is 24.0. The minimum absolute atomic E-state index is 0.0144. The van der Waals surface area contributed by atoms with E-state index < -0.39 is 95.5 Å². The van der Waals surface area contributed by atoms with Gasteiger partial charge < -0.3 is 83.6 Å². The molecule has 0 aliphatic carbocycles. The fourth-order valence-corrected chi connectivity index (χ4v) is 12.5. The number of ether oxygens (including phenoxy) is 4. The van der Waals surface area contributed by atoms with Gasteiger partial charge in [0.2, 0.25) is 35.4 Å². The number of guanidine groups is 2. The number of benzene rings is 5. The van der Waals surface area contributed by atoms with Crippen LogP contribution in [-0.4, -0.2) is 138 Å². The molecule has 0 saturated carbocycles. The zero-order chi connectivity index (χ0) is 69.3. The van der Waals surface area contributed by atoms with Crippen LogP contribution >= 0.6 is 0 Å². The number of nitrogens with zero attached hydrogens (tertiary/aromatic N) is 4. The predicted octanol–water partition coefficient (Wildman–Crippen LogP) is 5.87. The van der Waals surface area contributed by atoms with Crippen molar-refractivity contribution in [1.29, 1.82) is 0 Å². The number of amides is 8. The molecule has 97 heavy (non-hydrogen) atoms. The lowest BCUT2D eigenvalue weighted by atomic mass is 9.77. The maximum Gasteiger partial charge on any atom is 0.408 e. The Hall–Kier alpha value is -10.7.